The summed E-state index contributed by atoms with van der Waals surface area (Å²) in [6.45, 7) is 8.49. The highest BCUT2D eigenvalue weighted by Crippen LogP contribution is 2.31. The third-order valence-electron chi connectivity index (χ3n) is 7.74. The lowest BCUT2D eigenvalue weighted by Crippen LogP contribution is -2.50. The van der Waals surface area contributed by atoms with Crippen molar-refractivity contribution in [2.45, 2.75) is 58.8 Å². The lowest BCUT2D eigenvalue weighted by Gasteiger charge is -2.41. The number of nitrogens with one attached hydrogen (secondary N) is 2. The average Bonchev–Trinajstić information content (AvgIpc) is 3.53. The lowest BCUT2D eigenvalue weighted by molar-refractivity contribution is 0.0460. The molecule has 2 aromatic heterocycles. The Balaban J connectivity index is 1.11. The van der Waals surface area contributed by atoms with Crippen LogP contribution in [-0.4, -0.2) is 66.8 Å². The number of ether oxygens (including phenoxy) is 1. The maximum atomic E-state index is 13.5. The van der Waals surface area contributed by atoms with Gasteiger partial charge in [0.25, 0.3) is 5.91 Å². The molecule has 2 N–H and O–H groups in total. The van der Waals surface area contributed by atoms with Crippen LogP contribution in [0.15, 0.2) is 36.5 Å². The second-order valence-electron chi connectivity index (χ2n) is 10.4. The third kappa shape index (κ3) is 4.56. The Labute approximate surface area is 221 Å². The molecule has 1 amide bonds. The van der Waals surface area contributed by atoms with Gasteiger partial charge >= 0.3 is 0 Å². The number of aryl methyl sites for hydroxylation is 2. The van der Waals surface area contributed by atoms with Crippen LogP contribution in [0.3, 0.4) is 0 Å². The zero-order valence-corrected chi connectivity index (χ0v) is 22.2. The van der Waals surface area contributed by atoms with Crippen molar-refractivity contribution < 1.29 is 9.53 Å². The minimum absolute atomic E-state index is 0.0671. The zero-order valence-electron chi connectivity index (χ0n) is 22.2. The number of rotatable bonds is 5. The zero-order chi connectivity index (χ0) is 26.4. The summed E-state index contributed by atoms with van der Waals surface area (Å²) in [6, 6.07) is 10.3. The molecular formula is C28H32N8O2. The normalized spacial score (nSPS) is 19.5. The van der Waals surface area contributed by atoms with Crippen LogP contribution in [0.4, 0.5) is 11.6 Å². The van der Waals surface area contributed by atoms with Crippen LogP contribution in [-0.2, 0) is 13.1 Å². The molecule has 38 heavy (non-hydrogen) atoms. The van der Waals surface area contributed by atoms with E-state index in [1.54, 1.807) is 7.11 Å². The summed E-state index contributed by atoms with van der Waals surface area (Å²) in [4.78, 5) is 27.3. The number of methoxy groups -OCH3 is 1. The van der Waals surface area contributed by atoms with E-state index in [0.717, 1.165) is 66.3 Å². The van der Waals surface area contributed by atoms with E-state index in [1.807, 2.05) is 55.3 Å². The maximum absolute atomic E-state index is 13.5. The molecule has 0 radical (unpaired) electrons. The van der Waals surface area contributed by atoms with Crippen molar-refractivity contribution in [2.24, 2.45) is 0 Å². The number of benzene rings is 2. The maximum Gasteiger partial charge on any atom is 0.254 e. The number of anilines is 2. The molecule has 10 nitrogen and oxygen atoms in total. The number of H-pyrrole nitrogens is 1. The van der Waals surface area contributed by atoms with Crippen LogP contribution in [0.1, 0.15) is 52.5 Å². The van der Waals surface area contributed by atoms with Crippen molar-refractivity contribution in [1.29, 1.82) is 0 Å². The van der Waals surface area contributed by atoms with Gasteiger partial charge in [-0.15, -0.1) is 0 Å². The number of amides is 1. The van der Waals surface area contributed by atoms with Gasteiger partial charge in [0.1, 0.15) is 16.8 Å². The molecule has 2 aliphatic rings. The van der Waals surface area contributed by atoms with Gasteiger partial charge in [-0.3, -0.25) is 9.69 Å². The second kappa shape index (κ2) is 9.68. The minimum atomic E-state index is 0.0671. The van der Waals surface area contributed by atoms with Crippen molar-refractivity contribution in [3.8, 4) is 5.75 Å². The van der Waals surface area contributed by atoms with Gasteiger partial charge in [-0.2, -0.15) is 15.4 Å². The highest BCUT2D eigenvalue weighted by Gasteiger charge is 2.35. The Bertz CT molecular complexity index is 1520. The fourth-order valence-electron chi connectivity index (χ4n) is 5.72. The fraction of sp³-hybridized carbons (Fsp3) is 0.393. The number of piperidine rings is 1. The van der Waals surface area contributed by atoms with Crippen molar-refractivity contribution in [3.05, 3.63) is 64.5 Å². The Kier molecular flexibility index (Phi) is 6.19. The molecule has 1 fully saturated rings. The molecule has 0 saturated carbocycles. The van der Waals surface area contributed by atoms with E-state index in [-0.39, 0.29) is 11.9 Å². The van der Waals surface area contributed by atoms with Crippen LogP contribution in [0, 0.1) is 13.8 Å². The summed E-state index contributed by atoms with van der Waals surface area (Å²) >= 11 is 0. The SMILES string of the molecule is COc1cc(C)cc(Nc2ncc3c(n2)CN([C@@H]2CCN(C(=O)c4cc5n[nH]nc5cc4C)[C@H](C)C2)C3)c1. The summed E-state index contributed by atoms with van der Waals surface area (Å²) < 4.78 is 5.39. The van der Waals surface area contributed by atoms with Gasteiger partial charge in [-0.05, 0) is 69.0 Å². The predicted octanol–water partition coefficient (Wildman–Crippen LogP) is 4.13. The first kappa shape index (κ1) is 24.3. The largest absolute Gasteiger partial charge is 0.497 e. The Hall–Kier alpha value is -4.05. The minimum Gasteiger partial charge on any atom is -0.497 e. The van der Waals surface area contributed by atoms with Crippen molar-refractivity contribution in [2.75, 3.05) is 19.0 Å². The van der Waals surface area contributed by atoms with E-state index < -0.39 is 0 Å². The molecule has 1 saturated heterocycles. The van der Waals surface area contributed by atoms with Crippen LogP contribution in [0.5, 0.6) is 5.75 Å². The molecule has 0 unspecified atom stereocenters. The molecule has 10 heteroatoms. The molecule has 4 heterocycles. The van der Waals surface area contributed by atoms with E-state index in [4.69, 9.17) is 9.72 Å². The quantitative estimate of drug-likeness (QED) is 0.411. The number of carbonyl (C=O) groups excluding carboxylic acids is 1. The second-order valence-corrected chi connectivity index (χ2v) is 10.4. The molecule has 4 aromatic rings. The third-order valence-corrected chi connectivity index (χ3v) is 7.74. The fourth-order valence-corrected chi connectivity index (χ4v) is 5.72. The molecule has 2 aromatic carbocycles. The highest BCUT2D eigenvalue weighted by molar-refractivity contribution is 5.99. The number of carbonyl (C=O) groups is 1. The smallest absolute Gasteiger partial charge is 0.254 e. The first-order chi connectivity index (χ1) is 18.4. The first-order valence-electron chi connectivity index (χ1n) is 13.0. The van der Waals surface area contributed by atoms with Gasteiger partial charge < -0.3 is 15.0 Å². The van der Waals surface area contributed by atoms with Gasteiger partial charge in [0, 0.05) is 60.8 Å². The van der Waals surface area contributed by atoms with Gasteiger partial charge in [-0.25, -0.2) is 9.97 Å². The number of nitrogens with zero attached hydrogens (tertiary/aromatic N) is 6. The average molecular weight is 513 g/mol. The van der Waals surface area contributed by atoms with E-state index in [9.17, 15) is 4.79 Å². The van der Waals surface area contributed by atoms with E-state index in [2.05, 4.69) is 37.5 Å². The van der Waals surface area contributed by atoms with E-state index in [1.165, 1.54) is 5.56 Å². The van der Waals surface area contributed by atoms with Crippen molar-refractivity contribution >= 4 is 28.6 Å². The summed E-state index contributed by atoms with van der Waals surface area (Å²) in [6.07, 6.45) is 3.78. The van der Waals surface area contributed by atoms with Gasteiger partial charge in [0.2, 0.25) is 5.95 Å². The van der Waals surface area contributed by atoms with Crippen LogP contribution >= 0.6 is 0 Å². The molecule has 0 aliphatic carbocycles. The number of aromatic nitrogens is 5. The number of fused-ring (bicyclic) bond motifs is 2. The van der Waals surface area contributed by atoms with Crippen LogP contribution < -0.4 is 10.1 Å². The predicted molar refractivity (Wildman–Crippen MR) is 144 cm³/mol. The summed E-state index contributed by atoms with van der Waals surface area (Å²) in [5.74, 6) is 1.46. The van der Waals surface area contributed by atoms with E-state index >= 15 is 0 Å². The first-order valence-corrected chi connectivity index (χ1v) is 13.0. The number of hydrogen-bond donors (Lipinski definition) is 2. The Morgan fingerprint density at radius 1 is 1.11 bits per heavy atom. The molecule has 2 aliphatic heterocycles. The molecule has 2 atom stereocenters. The number of hydrogen-bond acceptors (Lipinski definition) is 8. The summed E-state index contributed by atoms with van der Waals surface area (Å²) in [5, 5.41) is 14.2. The van der Waals surface area contributed by atoms with Gasteiger partial charge in [0.15, 0.2) is 0 Å². The molecule has 196 valence electrons. The molecular weight excluding hydrogens is 480 g/mol. The molecule has 0 spiro atoms. The number of likely N-dealkylation sites (tertiary alicyclic amines) is 1. The van der Waals surface area contributed by atoms with Gasteiger partial charge in [-0.1, -0.05) is 0 Å². The Morgan fingerprint density at radius 2 is 1.92 bits per heavy atom. The highest BCUT2D eigenvalue weighted by atomic mass is 16.5. The Morgan fingerprint density at radius 3 is 2.71 bits per heavy atom. The van der Waals surface area contributed by atoms with Gasteiger partial charge in [0.05, 0.1) is 12.8 Å². The summed E-state index contributed by atoms with van der Waals surface area (Å²) in [7, 11) is 1.67. The monoisotopic (exact) mass is 512 g/mol. The van der Waals surface area contributed by atoms with E-state index in [0.29, 0.717) is 23.1 Å². The van der Waals surface area contributed by atoms with Crippen molar-refractivity contribution in [1.82, 2.24) is 35.2 Å². The number of aromatic amines is 1. The van der Waals surface area contributed by atoms with Crippen molar-refractivity contribution in [3.63, 3.8) is 0 Å². The topological polar surface area (TPSA) is 112 Å². The molecule has 6 rings (SSSR count). The summed E-state index contributed by atoms with van der Waals surface area (Å²) in [5.41, 5.74) is 7.35. The van der Waals surface area contributed by atoms with Crippen LogP contribution in [0.2, 0.25) is 0 Å². The lowest BCUT2D eigenvalue weighted by atomic mass is 9.95. The molecule has 0 bridgehead atoms. The standard InChI is InChI=1S/C28H32N8O2/c1-16-7-20(11-22(8-16)38-4)30-28-29-13-19-14-35(15-26(19)31-28)21-5-6-36(18(3)10-21)27(37)23-12-25-24(9-17(23)2)32-34-33-25/h7-9,11-13,18,21H,5-6,10,14-15H2,1-4H3,(H,29,30,31)(H,32,33,34)/t18-,21-/m1/s1. The van der Waals surface area contributed by atoms with Crippen LogP contribution in [0.25, 0.3) is 11.0 Å².